The summed E-state index contributed by atoms with van der Waals surface area (Å²) in [4.78, 5) is 12.8. The Bertz CT molecular complexity index is 854. The Labute approximate surface area is 146 Å². The summed E-state index contributed by atoms with van der Waals surface area (Å²) in [6.45, 7) is 0.166. The summed E-state index contributed by atoms with van der Waals surface area (Å²) in [5.41, 5.74) is 3.45. The number of hydrogen-bond donors (Lipinski definition) is 2. The first-order chi connectivity index (χ1) is 11.2. The fourth-order valence-electron chi connectivity index (χ4n) is 2.16. The van der Waals surface area contributed by atoms with Gasteiger partial charge < -0.3 is 5.32 Å². The number of anilines is 1. The Balaban J connectivity index is 1.57. The van der Waals surface area contributed by atoms with Crippen LogP contribution in [0.2, 0.25) is 0 Å². The molecule has 0 spiro atoms. The van der Waals surface area contributed by atoms with Crippen molar-refractivity contribution in [2.75, 3.05) is 11.9 Å². The number of benzene rings is 2. The first-order valence-corrected chi connectivity index (χ1v) is 8.67. The van der Waals surface area contributed by atoms with Gasteiger partial charge in [-0.25, -0.2) is 5.43 Å². The van der Waals surface area contributed by atoms with Crippen molar-refractivity contribution < 1.29 is 4.79 Å². The minimum absolute atomic E-state index is 0.166. The minimum Gasteiger partial charge on any atom is -0.376 e. The number of nitrogens with zero attached hydrogens (tertiary/aromatic N) is 1. The standard InChI is InChI=1S/C17H14BrN3OS/c18-13-8-14(23-11-13)9-20-21-17(22)10-19-16-7-3-5-12-4-1-2-6-15(12)16/h1-9,11,19H,10H2,(H,21,22). The lowest BCUT2D eigenvalue weighted by Gasteiger charge is -2.08. The highest BCUT2D eigenvalue weighted by Crippen LogP contribution is 2.22. The van der Waals surface area contributed by atoms with E-state index < -0.39 is 0 Å². The fraction of sp³-hybridized carbons (Fsp3) is 0.0588. The van der Waals surface area contributed by atoms with Crippen LogP contribution in [0, 0.1) is 0 Å². The minimum atomic E-state index is -0.190. The molecule has 1 amide bonds. The van der Waals surface area contributed by atoms with Crippen molar-refractivity contribution in [1.29, 1.82) is 0 Å². The molecule has 0 fully saturated rings. The molecule has 0 unspecified atom stereocenters. The van der Waals surface area contributed by atoms with Crippen molar-refractivity contribution >= 4 is 55.8 Å². The molecule has 0 aliphatic carbocycles. The normalized spacial score (nSPS) is 11.0. The molecule has 2 aromatic carbocycles. The quantitative estimate of drug-likeness (QED) is 0.508. The summed E-state index contributed by atoms with van der Waals surface area (Å²) in [6, 6.07) is 16.0. The number of fused-ring (bicyclic) bond motifs is 1. The van der Waals surface area contributed by atoms with Gasteiger partial charge in [0.2, 0.25) is 0 Å². The molecule has 2 N–H and O–H groups in total. The maximum atomic E-state index is 11.9. The van der Waals surface area contributed by atoms with Gasteiger partial charge >= 0.3 is 0 Å². The Morgan fingerprint density at radius 3 is 2.87 bits per heavy atom. The molecule has 0 saturated carbocycles. The van der Waals surface area contributed by atoms with E-state index in [0.717, 1.165) is 25.8 Å². The van der Waals surface area contributed by atoms with Gasteiger partial charge in [0.25, 0.3) is 5.91 Å². The SMILES string of the molecule is O=C(CNc1cccc2ccccc12)NN=Cc1cc(Br)cs1. The predicted octanol–water partition coefficient (Wildman–Crippen LogP) is 4.23. The Morgan fingerprint density at radius 1 is 1.22 bits per heavy atom. The third-order valence-corrected chi connectivity index (χ3v) is 4.83. The summed E-state index contributed by atoms with van der Waals surface area (Å²) in [6.07, 6.45) is 1.63. The third kappa shape index (κ3) is 4.18. The van der Waals surface area contributed by atoms with Gasteiger partial charge in [-0.05, 0) is 33.4 Å². The van der Waals surface area contributed by atoms with E-state index in [1.807, 2.05) is 53.9 Å². The largest absolute Gasteiger partial charge is 0.376 e. The van der Waals surface area contributed by atoms with Crippen molar-refractivity contribution in [2.24, 2.45) is 5.10 Å². The molecular formula is C17H14BrN3OS. The predicted molar refractivity (Wildman–Crippen MR) is 100 cm³/mol. The van der Waals surface area contributed by atoms with Crippen molar-refractivity contribution in [1.82, 2.24) is 5.43 Å². The summed E-state index contributed by atoms with van der Waals surface area (Å²) < 4.78 is 1.01. The first-order valence-electron chi connectivity index (χ1n) is 7.00. The van der Waals surface area contributed by atoms with E-state index in [1.165, 1.54) is 0 Å². The molecule has 0 saturated heterocycles. The topological polar surface area (TPSA) is 53.5 Å². The van der Waals surface area contributed by atoms with E-state index in [4.69, 9.17) is 0 Å². The number of amides is 1. The van der Waals surface area contributed by atoms with Crippen LogP contribution in [-0.4, -0.2) is 18.7 Å². The van der Waals surface area contributed by atoms with Crippen LogP contribution in [0.1, 0.15) is 4.88 Å². The Kier molecular flexibility index (Phi) is 5.05. The molecule has 0 atom stereocenters. The van der Waals surface area contributed by atoms with E-state index >= 15 is 0 Å². The van der Waals surface area contributed by atoms with Gasteiger partial charge in [-0.2, -0.15) is 5.10 Å². The third-order valence-electron chi connectivity index (χ3n) is 3.20. The number of halogens is 1. The molecule has 4 nitrogen and oxygen atoms in total. The molecule has 1 heterocycles. The Hall–Kier alpha value is -2.18. The molecule has 0 radical (unpaired) electrons. The number of thiophene rings is 1. The van der Waals surface area contributed by atoms with E-state index in [9.17, 15) is 4.79 Å². The summed E-state index contributed by atoms with van der Waals surface area (Å²) in [7, 11) is 0. The maximum absolute atomic E-state index is 11.9. The lowest BCUT2D eigenvalue weighted by Crippen LogP contribution is -2.25. The number of rotatable bonds is 5. The van der Waals surface area contributed by atoms with Gasteiger partial charge in [0, 0.05) is 25.8 Å². The highest BCUT2D eigenvalue weighted by molar-refractivity contribution is 9.10. The molecule has 3 aromatic rings. The van der Waals surface area contributed by atoms with Crippen LogP contribution in [0.25, 0.3) is 10.8 Å². The number of nitrogens with one attached hydrogen (secondary N) is 2. The van der Waals surface area contributed by atoms with Crippen LogP contribution in [0.15, 0.2) is 63.5 Å². The second-order valence-electron chi connectivity index (χ2n) is 4.84. The number of hydrogen-bond acceptors (Lipinski definition) is 4. The van der Waals surface area contributed by atoms with Crippen molar-refractivity contribution in [2.45, 2.75) is 0 Å². The zero-order chi connectivity index (χ0) is 16.1. The lowest BCUT2D eigenvalue weighted by atomic mass is 10.1. The second-order valence-corrected chi connectivity index (χ2v) is 6.70. The van der Waals surface area contributed by atoms with E-state index in [2.05, 4.69) is 31.8 Å². The molecule has 116 valence electrons. The summed E-state index contributed by atoms with van der Waals surface area (Å²) >= 11 is 4.92. The van der Waals surface area contributed by atoms with Gasteiger partial charge in [0.1, 0.15) is 0 Å². The van der Waals surface area contributed by atoms with Crippen molar-refractivity contribution in [3.8, 4) is 0 Å². The Morgan fingerprint density at radius 2 is 2.04 bits per heavy atom. The van der Waals surface area contributed by atoms with Gasteiger partial charge in [-0.15, -0.1) is 11.3 Å². The second kappa shape index (κ2) is 7.39. The highest BCUT2D eigenvalue weighted by atomic mass is 79.9. The van der Waals surface area contributed by atoms with E-state index in [-0.39, 0.29) is 12.5 Å². The molecule has 1 aromatic heterocycles. The van der Waals surface area contributed by atoms with E-state index in [1.54, 1.807) is 17.6 Å². The smallest absolute Gasteiger partial charge is 0.259 e. The number of carbonyl (C=O) groups is 1. The number of hydrazone groups is 1. The molecule has 6 heteroatoms. The van der Waals surface area contributed by atoms with Gasteiger partial charge in [-0.1, -0.05) is 36.4 Å². The molecular weight excluding hydrogens is 374 g/mol. The van der Waals surface area contributed by atoms with Crippen molar-refractivity contribution in [3.05, 3.63) is 63.3 Å². The zero-order valence-corrected chi connectivity index (χ0v) is 14.5. The van der Waals surface area contributed by atoms with Crippen LogP contribution in [0.4, 0.5) is 5.69 Å². The van der Waals surface area contributed by atoms with E-state index in [0.29, 0.717) is 0 Å². The zero-order valence-electron chi connectivity index (χ0n) is 12.1. The van der Waals surface area contributed by atoms with Crippen molar-refractivity contribution in [3.63, 3.8) is 0 Å². The molecule has 3 rings (SSSR count). The van der Waals surface area contributed by atoms with Crippen LogP contribution >= 0.6 is 27.3 Å². The maximum Gasteiger partial charge on any atom is 0.259 e. The average Bonchev–Trinajstić information content (AvgIpc) is 2.98. The summed E-state index contributed by atoms with van der Waals surface area (Å²) in [5, 5.41) is 11.3. The summed E-state index contributed by atoms with van der Waals surface area (Å²) in [5.74, 6) is -0.190. The fourth-order valence-corrected chi connectivity index (χ4v) is 3.46. The lowest BCUT2D eigenvalue weighted by molar-refractivity contribution is -0.119. The molecule has 0 aliphatic rings. The number of carbonyl (C=O) groups excluding carboxylic acids is 1. The van der Waals surface area contributed by atoms with Gasteiger partial charge in [0.05, 0.1) is 12.8 Å². The van der Waals surface area contributed by atoms with Gasteiger partial charge in [0.15, 0.2) is 0 Å². The molecule has 0 bridgehead atoms. The van der Waals surface area contributed by atoms with Crippen LogP contribution in [0.3, 0.4) is 0 Å². The first kappa shape index (κ1) is 15.7. The highest BCUT2D eigenvalue weighted by Gasteiger charge is 2.03. The van der Waals surface area contributed by atoms with Crippen LogP contribution < -0.4 is 10.7 Å². The molecule has 23 heavy (non-hydrogen) atoms. The van der Waals surface area contributed by atoms with Crippen LogP contribution in [-0.2, 0) is 4.79 Å². The van der Waals surface area contributed by atoms with Crippen LogP contribution in [0.5, 0.6) is 0 Å². The monoisotopic (exact) mass is 387 g/mol. The molecule has 0 aliphatic heterocycles. The average molecular weight is 388 g/mol. The van der Waals surface area contributed by atoms with Gasteiger partial charge in [-0.3, -0.25) is 4.79 Å².